The number of anilines is 1. The van der Waals surface area contributed by atoms with Gasteiger partial charge in [0.15, 0.2) is 0 Å². The zero-order valence-corrected chi connectivity index (χ0v) is 17.9. The Hall–Kier alpha value is -2.59. The van der Waals surface area contributed by atoms with Gasteiger partial charge < -0.3 is 10.6 Å². The maximum absolute atomic E-state index is 12.8. The summed E-state index contributed by atoms with van der Waals surface area (Å²) in [4.78, 5) is 17.2. The van der Waals surface area contributed by atoms with E-state index in [1.165, 1.54) is 12.0 Å². The largest absolute Gasteiger partial charge is 0.375 e. The summed E-state index contributed by atoms with van der Waals surface area (Å²) in [6.45, 7) is 2.06. The Balaban J connectivity index is 1.44. The van der Waals surface area contributed by atoms with Crippen molar-refractivity contribution in [2.24, 2.45) is 5.92 Å². The van der Waals surface area contributed by atoms with Gasteiger partial charge in [-0.3, -0.25) is 9.78 Å². The van der Waals surface area contributed by atoms with E-state index in [4.69, 9.17) is 11.6 Å². The number of aromatic nitrogens is 1. The highest BCUT2D eigenvalue weighted by molar-refractivity contribution is 6.31. The van der Waals surface area contributed by atoms with Crippen LogP contribution in [0.15, 0.2) is 54.7 Å². The molecule has 30 heavy (non-hydrogen) atoms. The smallest absolute Gasteiger partial charge is 0.223 e. The third-order valence-corrected chi connectivity index (χ3v) is 7.19. The van der Waals surface area contributed by atoms with Crippen LogP contribution in [0.2, 0.25) is 5.02 Å². The first-order valence-electron chi connectivity index (χ1n) is 10.7. The highest BCUT2D eigenvalue weighted by Crippen LogP contribution is 2.50. The van der Waals surface area contributed by atoms with Gasteiger partial charge in [-0.1, -0.05) is 35.9 Å². The second-order valence-corrected chi connectivity index (χ2v) is 9.18. The number of nitrogens with zero attached hydrogens (tertiary/aromatic N) is 1. The topological polar surface area (TPSA) is 54.0 Å². The van der Waals surface area contributed by atoms with Crippen LogP contribution >= 0.6 is 11.6 Å². The van der Waals surface area contributed by atoms with Gasteiger partial charge in [0.05, 0.1) is 11.1 Å². The van der Waals surface area contributed by atoms with Crippen LogP contribution in [-0.2, 0) is 10.3 Å². The molecule has 154 valence electrons. The Morgan fingerprint density at radius 3 is 2.73 bits per heavy atom. The van der Waals surface area contributed by atoms with Crippen molar-refractivity contribution in [3.05, 3.63) is 70.9 Å². The molecule has 1 heterocycles. The standard InChI is InChI=1S/C25H26ClN3O/c1-16-21(8-3-9-22(16)26)25(14-18(15-25)24(30)28-19-6-2-7-19)29-20-11-10-17-5-4-12-27-23(17)13-20/h3-5,8-13,18-19,29H,2,6-7,14-15H2,1H3,(H,28,30). The molecule has 0 saturated heterocycles. The van der Waals surface area contributed by atoms with Crippen LogP contribution in [0.1, 0.15) is 43.2 Å². The van der Waals surface area contributed by atoms with E-state index in [2.05, 4.69) is 52.9 Å². The molecular formula is C25H26ClN3O. The monoisotopic (exact) mass is 419 g/mol. The number of rotatable bonds is 5. The van der Waals surface area contributed by atoms with Crippen LogP contribution < -0.4 is 10.6 Å². The number of nitrogens with one attached hydrogen (secondary N) is 2. The minimum atomic E-state index is -0.306. The Bertz CT molecular complexity index is 1100. The summed E-state index contributed by atoms with van der Waals surface area (Å²) >= 11 is 6.46. The van der Waals surface area contributed by atoms with Gasteiger partial charge in [0.25, 0.3) is 0 Å². The highest BCUT2D eigenvalue weighted by Gasteiger charge is 2.49. The SMILES string of the molecule is Cc1c(Cl)cccc1C1(Nc2ccc3cccnc3c2)CC(C(=O)NC2CCC2)C1. The number of fused-ring (bicyclic) bond motifs is 1. The van der Waals surface area contributed by atoms with Gasteiger partial charge in [0.2, 0.25) is 5.91 Å². The van der Waals surface area contributed by atoms with E-state index in [1.807, 2.05) is 24.4 Å². The van der Waals surface area contributed by atoms with Gasteiger partial charge in [-0.05, 0) is 74.4 Å². The van der Waals surface area contributed by atoms with E-state index in [1.54, 1.807) is 0 Å². The summed E-state index contributed by atoms with van der Waals surface area (Å²) in [5.74, 6) is 0.215. The summed E-state index contributed by atoms with van der Waals surface area (Å²) in [5, 5.41) is 8.85. The maximum Gasteiger partial charge on any atom is 0.223 e. The molecule has 2 aliphatic carbocycles. The van der Waals surface area contributed by atoms with Crippen LogP contribution in [0.5, 0.6) is 0 Å². The van der Waals surface area contributed by atoms with Gasteiger partial charge in [0, 0.05) is 34.3 Å². The van der Waals surface area contributed by atoms with E-state index < -0.39 is 0 Å². The molecule has 0 radical (unpaired) electrons. The molecule has 0 bridgehead atoms. The predicted octanol–water partition coefficient (Wildman–Crippen LogP) is 5.58. The van der Waals surface area contributed by atoms with Crippen LogP contribution in [-0.4, -0.2) is 16.9 Å². The number of benzene rings is 2. The fraction of sp³-hybridized carbons (Fsp3) is 0.360. The Morgan fingerprint density at radius 2 is 1.97 bits per heavy atom. The van der Waals surface area contributed by atoms with Crippen molar-refractivity contribution in [1.29, 1.82) is 0 Å². The molecule has 1 aromatic heterocycles. The first-order chi connectivity index (χ1) is 14.5. The highest BCUT2D eigenvalue weighted by atomic mass is 35.5. The van der Waals surface area contributed by atoms with Gasteiger partial charge in [-0.25, -0.2) is 0 Å². The van der Waals surface area contributed by atoms with E-state index in [9.17, 15) is 4.79 Å². The van der Waals surface area contributed by atoms with Crippen molar-refractivity contribution < 1.29 is 4.79 Å². The van der Waals surface area contributed by atoms with E-state index in [0.29, 0.717) is 6.04 Å². The second-order valence-electron chi connectivity index (χ2n) is 8.77. The minimum Gasteiger partial charge on any atom is -0.375 e. The predicted molar refractivity (Wildman–Crippen MR) is 122 cm³/mol. The fourth-order valence-electron chi connectivity index (χ4n) is 4.77. The molecule has 0 aliphatic heterocycles. The van der Waals surface area contributed by atoms with E-state index in [-0.39, 0.29) is 17.4 Å². The quantitative estimate of drug-likeness (QED) is 0.567. The number of halogens is 1. The molecule has 3 aromatic rings. The lowest BCUT2D eigenvalue weighted by atomic mass is 9.63. The molecule has 0 atom stereocenters. The lowest BCUT2D eigenvalue weighted by Crippen LogP contribution is -2.54. The van der Waals surface area contributed by atoms with Crippen LogP contribution in [0.4, 0.5) is 5.69 Å². The van der Waals surface area contributed by atoms with Crippen LogP contribution in [0.3, 0.4) is 0 Å². The van der Waals surface area contributed by atoms with Crippen molar-refractivity contribution in [2.75, 3.05) is 5.32 Å². The van der Waals surface area contributed by atoms with Crippen molar-refractivity contribution in [3.63, 3.8) is 0 Å². The molecule has 5 rings (SSSR count). The number of carbonyl (C=O) groups excluding carboxylic acids is 1. The number of hydrogen-bond donors (Lipinski definition) is 2. The lowest BCUT2D eigenvalue weighted by molar-refractivity contribution is -0.130. The van der Waals surface area contributed by atoms with Crippen LogP contribution in [0, 0.1) is 12.8 Å². The summed E-state index contributed by atoms with van der Waals surface area (Å²) in [7, 11) is 0. The Morgan fingerprint density at radius 1 is 1.13 bits per heavy atom. The van der Waals surface area contributed by atoms with Crippen molar-refractivity contribution in [1.82, 2.24) is 10.3 Å². The lowest BCUT2D eigenvalue weighted by Gasteiger charge is -2.49. The Labute approximate surface area is 182 Å². The third kappa shape index (κ3) is 3.43. The number of hydrogen-bond acceptors (Lipinski definition) is 3. The molecule has 0 spiro atoms. The normalized spacial score (nSPS) is 23.5. The molecular weight excluding hydrogens is 394 g/mol. The molecule has 2 aliphatic rings. The van der Waals surface area contributed by atoms with Crippen molar-refractivity contribution in [2.45, 2.75) is 50.6 Å². The molecule has 4 nitrogen and oxygen atoms in total. The molecule has 2 aromatic carbocycles. The van der Waals surface area contributed by atoms with Gasteiger partial charge in [-0.15, -0.1) is 0 Å². The van der Waals surface area contributed by atoms with E-state index in [0.717, 1.165) is 52.9 Å². The third-order valence-electron chi connectivity index (χ3n) is 6.78. The average molecular weight is 420 g/mol. The number of carbonyl (C=O) groups is 1. The van der Waals surface area contributed by atoms with Gasteiger partial charge in [-0.2, -0.15) is 0 Å². The summed E-state index contributed by atoms with van der Waals surface area (Å²) in [5.41, 5.74) is 3.91. The molecule has 2 saturated carbocycles. The maximum atomic E-state index is 12.8. The molecule has 0 unspecified atom stereocenters. The van der Waals surface area contributed by atoms with Crippen molar-refractivity contribution in [3.8, 4) is 0 Å². The minimum absolute atomic E-state index is 0.0232. The molecule has 1 amide bonds. The summed E-state index contributed by atoms with van der Waals surface area (Å²) in [6.07, 6.45) is 6.77. The summed E-state index contributed by atoms with van der Waals surface area (Å²) < 4.78 is 0. The zero-order valence-electron chi connectivity index (χ0n) is 17.1. The van der Waals surface area contributed by atoms with Gasteiger partial charge in [0.1, 0.15) is 0 Å². The first kappa shape index (κ1) is 19.4. The molecule has 5 heteroatoms. The molecule has 2 N–H and O–H groups in total. The van der Waals surface area contributed by atoms with E-state index >= 15 is 0 Å². The fourth-order valence-corrected chi connectivity index (χ4v) is 4.95. The Kier molecular flexibility index (Phi) is 4.90. The number of amides is 1. The first-order valence-corrected chi connectivity index (χ1v) is 11.1. The summed E-state index contributed by atoms with van der Waals surface area (Å²) in [6, 6.07) is 16.7. The number of pyridine rings is 1. The zero-order chi connectivity index (χ0) is 20.7. The second kappa shape index (κ2) is 7.59. The van der Waals surface area contributed by atoms with Gasteiger partial charge >= 0.3 is 0 Å². The van der Waals surface area contributed by atoms with Crippen LogP contribution in [0.25, 0.3) is 10.9 Å². The van der Waals surface area contributed by atoms with Crippen molar-refractivity contribution >= 4 is 34.1 Å². The molecule has 2 fully saturated rings. The average Bonchev–Trinajstić information content (AvgIpc) is 2.69.